The maximum atomic E-state index is 13.1. The first-order valence-corrected chi connectivity index (χ1v) is 15.1. The average molecular weight is 606 g/mol. The van der Waals surface area contributed by atoms with Crippen molar-refractivity contribution in [1.29, 1.82) is 0 Å². The molecule has 1 fully saturated rings. The van der Waals surface area contributed by atoms with Crippen molar-refractivity contribution >= 4 is 50.7 Å². The molecule has 4 rings (SSSR count). The lowest BCUT2D eigenvalue weighted by atomic mass is 9.93. The first-order valence-electron chi connectivity index (χ1n) is 12.5. The molecular weight excluding hydrogens is 575 g/mol. The quantitative estimate of drug-likeness (QED) is 0.343. The van der Waals surface area contributed by atoms with Crippen LogP contribution in [0.25, 0.3) is 0 Å². The molecule has 1 saturated heterocycles. The number of sulfonamides is 1. The number of carbonyl (C=O) groups is 2. The zero-order chi connectivity index (χ0) is 29.0. The lowest BCUT2D eigenvalue weighted by molar-refractivity contribution is -0.117. The van der Waals surface area contributed by atoms with Crippen LogP contribution in [0.4, 0.5) is 5.69 Å². The third-order valence-electron chi connectivity index (χ3n) is 6.62. The van der Waals surface area contributed by atoms with Gasteiger partial charge < -0.3 is 15.8 Å². The number of nitrogens with one attached hydrogen (secondary N) is 1. The Kier molecular flexibility index (Phi) is 9.25. The monoisotopic (exact) mass is 604 g/mol. The number of likely N-dealkylation sites (tertiary alicyclic amines) is 1. The zero-order valence-electron chi connectivity index (χ0n) is 22.0. The number of hydrogen-bond donors (Lipinski definition) is 2. The number of ether oxygens (including phenoxy) is 1. The number of amides is 2. The summed E-state index contributed by atoms with van der Waals surface area (Å²) in [5.41, 5.74) is 7.67. The standard InChI is InChI=1S/C28H30Cl2N4O5S/c1-39-25-14-20(28(36)32-12-11-26(31)35)13-23(15-25)34(40(2,37)38)24-16-33(17-24)27(18-3-7-21(29)8-4-18)19-5-9-22(30)10-6-19/h3-10,13-15,24,27H,11-12,16-17H2,1-2H3,(H2,31,35)(H,32,36). The van der Waals surface area contributed by atoms with E-state index in [9.17, 15) is 18.0 Å². The van der Waals surface area contributed by atoms with Gasteiger partial charge in [0, 0.05) is 47.7 Å². The molecule has 0 aromatic heterocycles. The van der Waals surface area contributed by atoms with Crippen LogP contribution in [0.15, 0.2) is 66.7 Å². The fraction of sp³-hybridized carbons (Fsp3) is 0.286. The van der Waals surface area contributed by atoms with E-state index in [1.165, 1.54) is 23.5 Å². The molecule has 9 nitrogen and oxygen atoms in total. The number of primary amides is 1. The van der Waals surface area contributed by atoms with Gasteiger partial charge in [0.1, 0.15) is 5.75 Å². The van der Waals surface area contributed by atoms with Gasteiger partial charge in [-0.25, -0.2) is 8.42 Å². The fourth-order valence-electron chi connectivity index (χ4n) is 4.79. The second-order valence-corrected chi connectivity index (χ2v) is 12.3. The van der Waals surface area contributed by atoms with Crippen molar-refractivity contribution in [1.82, 2.24) is 10.2 Å². The molecule has 3 aromatic rings. The van der Waals surface area contributed by atoms with Crippen molar-refractivity contribution in [2.75, 3.05) is 37.3 Å². The van der Waals surface area contributed by atoms with Crippen LogP contribution in [0.1, 0.15) is 33.9 Å². The lowest BCUT2D eigenvalue weighted by Crippen LogP contribution is -2.61. The SMILES string of the molecule is COc1cc(C(=O)NCCC(N)=O)cc(N(C2CN(C(c3ccc(Cl)cc3)c3ccc(Cl)cc3)C2)S(C)(=O)=O)c1. The van der Waals surface area contributed by atoms with E-state index >= 15 is 0 Å². The maximum Gasteiger partial charge on any atom is 0.251 e. The molecule has 0 saturated carbocycles. The van der Waals surface area contributed by atoms with E-state index in [1.54, 1.807) is 6.07 Å². The summed E-state index contributed by atoms with van der Waals surface area (Å²) in [6, 6.07) is 19.2. The molecule has 1 aliphatic rings. The number of carbonyl (C=O) groups excluding carboxylic acids is 2. The van der Waals surface area contributed by atoms with Crippen LogP contribution in [0.5, 0.6) is 5.75 Å². The van der Waals surface area contributed by atoms with Crippen LogP contribution in [0.3, 0.4) is 0 Å². The van der Waals surface area contributed by atoms with Gasteiger partial charge in [-0.15, -0.1) is 0 Å². The number of nitrogens with two attached hydrogens (primary N) is 1. The summed E-state index contributed by atoms with van der Waals surface area (Å²) >= 11 is 12.3. The van der Waals surface area contributed by atoms with Crippen molar-refractivity contribution in [3.05, 3.63) is 93.5 Å². The van der Waals surface area contributed by atoms with Crippen molar-refractivity contribution in [2.45, 2.75) is 18.5 Å². The third kappa shape index (κ3) is 7.06. The summed E-state index contributed by atoms with van der Waals surface area (Å²) in [4.78, 5) is 26.0. The Morgan fingerprint density at radius 2 is 1.57 bits per heavy atom. The van der Waals surface area contributed by atoms with Gasteiger partial charge in [-0.1, -0.05) is 47.5 Å². The smallest absolute Gasteiger partial charge is 0.251 e. The molecule has 212 valence electrons. The Morgan fingerprint density at radius 3 is 2.05 bits per heavy atom. The van der Waals surface area contributed by atoms with Crippen molar-refractivity contribution < 1.29 is 22.7 Å². The molecule has 0 radical (unpaired) electrons. The van der Waals surface area contributed by atoms with E-state index in [0.29, 0.717) is 34.6 Å². The maximum absolute atomic E-state index is 13.1. The minimum atomic E-state index is -3.74. The van der Waals surface area contributed by atoms with Crippen molar-refractivity contribution in [2.24, 2.45) is 5.73 Å². The van der Waals surface area contributed by atoms with E-state index in [2.05, 4.69) is 10.2 Å². The lowest BCUT2D eigenvalue weighted by Gasteiger charge is -2.48. The molecule has 0 aliphatic carbocycles. The summed E-state index contributed by atoms with van der Waals surface area (Å²) in [6.45, 7) is 0.922. The van der Waals surface area contributed by atoms with E-state index in [4.69, 9.17) is 33.7 Å². The average Bonchev–Trinajstić information content (AvgIpc) is 2.88. The molecular formula is C28H30Cl2N4O5S. The second-order valence-electron chi connectivity index (χ2n) is 9.56. The highest BCUT2D eigenvalue weighted by Gasteiger charge is 2.41. The highest BCUT2D eigenvalue weighted by Crippen LogP contribution is 2.37. The molecule has 1 heterocycles. The van der Waals surface area contributed by atoms with Crippen LogP contribution in [0.2, 0.25) is 10.0 Å². The van der Waals surface area contributed by atoms with Crippen molar-refractivity contribution in [3.8, 4) is 5.75 Å². The molecule has 3 aromatic carbocycles. The van der Waals surface area contributed by atoms with Gasteiger partial charge in [-0.3, -0.25) is 18.8 Å². The summed E-state index contributed by atoms with van der Waals surface area (Å²) in [5, 5.41) is 3.86. The zero-order valence-corrected chi connectivity index (χ0v) is 24.3. The largest absolute Gasteiger partial charge is 0.497 e. The molecule has 0 atom stereocenters. The third-order valence-corrected chi connectivity index (χ3v) is 8.34. The molecule has 2 amide bonds. The van der Waals surface area contributed by atoms with E-state index in [1.807, 2.05) is 48.5 Å². The van der Waals surface area contributed by atoms with Crippen LogP contribution in [-0.2, 0) is 14.8 Å². The van der Waals surface area contributed by atoms with Crippen LogP contribution >= 0.6 is 23.2 Å². The topological polar surface area (TPSA) is 122 Å². The first-order chi connectivity index (χ1) is 19.0. The predicted molar refractivity (Wildman–Crippen MR) is 157 cm³/mol. The minimum Gasteiger partial charge on any atom is -0.497 e. The summed E-state index contributed by atoms with van der Waals surface area (Å²) < 4.78 is 32.8. The number of rotatable bonds is 11. The first kappa shape index (κ1) is 29.7. The highest BCUT2D eigenvalue weighted by atomic mass is 35.5. The highest BCUT2D eigenvalue weighted by molar-refractivity contribution is 7.92. The molecule has 1 aliphatic heterocycles. The number of anilines is 1. The Balaban J connectivity index is 1.62. The van der Waals surface area contributed by atoms with Gasteiger partial charge in [0.25, 0.3) is 5.91 Å². The predicted octanol–water partition coefficient (Wildman–Crippen LogP) is 3.85. The number of benzene rings is 3. The van der Waals surface area contributed by atoms with Crippen LogP contribution in [0, 0.1) is 0 Å². The minimum absolute atomic E-state index is 0.0155. The van der Waals surface area contributed by atoms with Crippen LogP contribution in [-0.4, -0.2) is 64.2 Å². The number of hydrogen-bond acceptors (Lipinski definition) is 6. The van der Waals surface area contributed by atoms with Crippen molar-refractivity contribution in [3.63, 3.8) is 0 Å². The van der Waals surface area contributed by atoms with E-state index in [0.717, 1.165) is 17.4 Å². The van der Waals surface area contributed by atoms with Gasteiger partial charge in [0.2, 0.25) is 15.9 Å². The van der Waals surface area contributed by atoms with Gasteiger partial charge in [0.15, 0.2) is 0 Å². The summed E-state index contributed by atoms with van der Waals surface area (Å²) in [7, 11) is -2.30. The molecule has 3 N–H and O–H groups in total. The normalized spacial score (nSPS) is 14.0. The Hall–Kier alpha value is -3.31. The Bertz CT molecular complexity index is 1430. The Morgan fingerprint density at radius 1 is 1.02 bits per heavy atom. The molecule has 0 spiro atoms. The molecule has 40 heavy (non-hydrogen) atoms. The van der Waals surface area contributed by atoms with Gasteiger partial charge in [-0.2, -0.15) is 0 Å². The van der Waals surface area contributed by atoms with Gasteiger partial charge in [-0.05, 0) is 47.5 Å². The Labute approximate surface area is 243 Å². The molecule has 0 unspecified atom stereocenters. The molecule has 0 bridgehead atoms. The van der Waals surface area contributed by atoms with E-state index < -0.39 is 27.9 Å². The van der Waals surface area contributed by atoms with Crippen LogP contribution < -0.4 is 20.1 Å². The second kappa shape index (κ2) is 12.5. The molecule has 12 heteroatoms. The summed E-state index contributed by atoms with van der Waals surface area (Å²) in [5.74, 6) is -0.696. The van der Waals surface area contributed by atoms with Gasteiger partial charge in [0.05, 0.1) is 31.1 Å². The number of halogens is 2. The summed E-state index contributed by atoms with van der Waals surface area (Å²) in [6.07, 6.45) is 1.12. The van der Waals surface area contributed by atoms with E-state index in [-0.39, 0.29) is 24.6 Å². The fourth-order valence-corrected chi connectivity index (χ4v) is 6.20. The number of nitrogens with zero attached hydrogens (tertiary/aromatic N) is 2. The number of methoxy groups -OCH3 is 1. The van der Waals surface area contributed by atoms with Gasteiger partial charge >= 0.3 is 0 Å².